The molecule has 0 aliphatic rings. The lowest BCUT2D eigenvalue weighted by molar-refractivity contribution is 0.243. The summed E-state index contributed by atoms with van der Waals surface area (Å²) in [5.41, 5.74) is 1.13. The Morgan fingerprint density at radius 2 is 2.00 bits per heavy atom. The van der Waals surface area contributed by atoms with Crippen LogP contribution in [0, 0.1) is 0 Å². The van der Waals surface area contributed by atoms with Crippen molar-refractivity contribution < 1.29 is 9.47 Å². The largest absolute Gasteiger partial charge is 0.497 e. The van der Waals surface area contributed by atoms with E-state index in [0.29, 0.717) is 0 Å². The second-order valence-corrected chi connectivity index (χ2v) is 3.30. The molecule has 0 saturated carbocycles. The molecule has 2 nitrogen and oxygen atoms in total. The molecule has 1 rings (SSSR count). The van der Waals surface area contributed by atoms with Gasteiger partial charge in [0.05, 0.1) is 13.2 Å². The van der Waals surface area contributed by atoms with Gasteiger partial charge in [-0.1, -0.05) is 6.07 Å². The highest BCUT2D eigenvalue weighted by Crippen LogP contribution is 2.17. The highest BCUT2D eigenvalue weighted by molar-refractivity contribution is 6.34. The first-order valence-electron chi connectivity index (χ1n) is 4.44. The number of rotatable bonds is 3. The van der Waals surface area contributed by atoms with Crippen molar-refractivity contribution >= 4 is 13.3 Å². The monoisotopic (exact) mass is 178 g/mol. The molecule has 0 atom stereocenters. The van der Waals surface area contributed by atoms with Crippen molar-refractivity contribution in [3.8, 4) is 11.5 Å². The molecule has 0 unspecified atom stereocenters. The maximum Gasteiger partial charge on any atom is 0.144 e. The van der Waals surface area contributed by atoms with E-state index >= 15 is 0 Å². The fourth-order valence-corrected chi connectivity index (χ4v) is 1.09. The van der Waals surface area contributed by atoms with Crippen LogP contribution in [0.2, 0.25) is 0 Å². The topological polar surface area (TPSA) is 18.5 Å². The zero-order valence-electron chi connectivity index (χ0n) is 8.63. The molecule has 1 aromatic carbocycles. The van der Waals surface area contributed by atoms with Gasteiger partial charge in [0.15, 0.2) is 0 Å². The minimum absolute atomic E-state index is 0.200. The second-order valence-electron chi connectivity index (χ2n) is 3.30. The molecule has 70 valence electrons. The first kappa shape index (κ1) is 9.97. The van der Waals surface area contributed by atoms with Crippen molar-refractivity contribution in [2.24, 2.45) is 0 Å². The maximum atomic E-state index is 5.61. The van der Waals surface area contributed by atoms with Crippen molar-refractivity contribution in [2.75, 3.05) is 7.11 Å². The van der Waals surface area contributed by atoms with Gasteiger partial charge in [-0.05, 0) is 25.4 Å². The quantitative estimate of drug-likeness (QED) is 0.635. The molecule has 1 aromatic rings. The third-order valence-corrected chi connectivity index (χ3v) is 1.76. The molecular formula is C10H15BO2. The first-order chi connectivity index (χ1) is 6.13. The fraction of sp³-hybridized carbons (Fsp3) is 0.400. The summed E-state index contributed by atoms with van der Waals surface area (Å²) in [6.45, 7) is 4.03. The molecule has 0 fully saturated rings. The SMILES string of the molecule is Bc1ccc(OC)cc1OC(C)C. The van der Waals surface area contributed by atoms with Crippen LogP contribution in [0.4, 0.5) is 0 Å². The van der Waals surface area contributed by atoms with Gasteiger partial charge >= 0.3 is 0 Å². The van der Waals surface area contributed by atoms with Crippen molar-refractivity contribution in [1.29, 1.82) is 0 Å². The third kappa shape index (κ3) is 2.69. The Kier molecular flexibility index (Phi) is 3.23. The lowest BCUT2D eigenvalue weighted by Crippen LogP contribution is -2.14. The summed E-state index contributed by atoms with van der Waals surface area (Å²) in [5, 5.41) is 0. The van der Waals surface area contributed by atoms with Gasteiger partial charge in [-0.3, -0.25) is 0 Å². The summed E-state index contributed by atoms with van der Waals surface area (Å²) >= 11 is 0. The van der Waals surface area contributed by atoms with E-state index in [1.807, 2.05) is 39.9 Å². The molecule has 0 heterocycles. The summed E-state index contributed by atoms with van der Waals surface area (Å²) < 4.78 is 10.7. The van der Waals surface area contributed by atoms with E-state index in [0.717, 1.165) is 17.0 Å². The Balaban J connectivity index is 2.90. The van der Waals surface area contributed by atoms with Crippen LogP contribution >= 0.6 is 0 Å². The lowest BCUT2D eigenvalue weighted by atomic mass is 9.95. The molecule has 0 spiro atoms. The van der Waals surface area contributed by atoms with Gasteiger partial charge in [0.25, 0.3) is 0 Å². The van der Waals surface area contributed by atoms with E-state index in [4.69, 9.17) is 9.47 Å². The summed E-state index contributed by atoms with van der Waals surface area (Å²) in [6.07, 6.45) is 0.200. The van der Waals surface area contributed by atoms with Crippen molar-refractivity contribution in [2.45, 2.75) is 20.0 Å². The van der Waals surface area contributed by atoms with Gasteiger partial charge in [-0.25, -0.2) is 0 Å². The Hall–Kier alpha value is -1.12. The van der Waals surface area contributed by atoms with Crippen LogP contribution in [0.15, 0.2) is 18.2 Å². The number of benzene rings is 1. The highest BCUT2D eigenvalue weighted by Gasteiger charge is 2.03. The molecule has 3 heteroatoms. The molecule has 0 aliphatic carbocycles. The van der Waals surface area contributed by atoms with Crippen molar-refractivity contribution in [1.82, 2.24) is 0 Å². The van der Waals surface area contributed by atoms with Crippen molar-refractivity contribution in [3.05, 3.63) is 18.2 Å². The maximum absolute atomic E-state index is 5.61. The third-order valence-electron chi connectivity index (χ3n) is 1.76. The number of hydrogen-bond acceptors (Lipinski definition) is 2. The first-order valence-corrected chi connectivity index (χ1v) is 4.44. The Labute approximate surface area is 80.3 Å². The Bertz CT molecular complexity index is 284. The Morgan fingerprint density at radius 3 is 2.54 bits per heavy atom. The molecular weight excluding hydrogens is 163 g/mol. The Morgan fingerprint density at radius 1 is 1.31 bits per heavy atom. The van der Waals surface area contributed by atoms with Gasteiger partial charge < -0.3 is 9.47 Å². The van der Waals surface area contributed by atoms with Crippen LogP contribution < -0.4 is 14.9 Å². The normalized spacial score (nSPS) is 10.2. The predicted octanol–water partition coefficient (Wildman–Crippen LogP) is 0.741. The molecule has 0 amide bonds. The van der Waals surface area contributed by atoms with Gasteiger partial charge in [-0.15, -0.1) is 0 Å². The van der Waals surface area contributed by atoms with E-state index in [1.165, 1.54) is 0 Å². The molecule has 0 bridgehead atoms. The molecule has 0 radical (unpaired) electrons. The summed E-state index contributed by atoms with van der Waals surface area (Å²) in [5.74, 6) is 1.73. The van der Waals surface area contributed by atoms with E-state index in [2.05, 4.69) is 0 Å². The number of hydrogen-bond donors (Lipinski definition) is 0. The molecule has 0 aliphatic heterocycles. The van der Waals surface area contributed by atoms with Gasteiger partial charge in [0.1, 0.15) is 19.3 Å². The smallest absolute Gasteiger partial charge is 0.144 e. The predicted molar refractivity (Wildman–Crippen MR) is 56.9 cm³/mol. The van der Waals surface area contributed by atoms with E-state index < -0.39 is 0 Å². The van der Waals surface area contributed by atoms with E-state index in [-0.39, 0.29) is 6.10 Å². The van der Waals surface area contributed by atoms with Crippen LogP contribution in [0.3, 0.4) is 0 Å². The summed E-state index contributed by atoms with van der Waals surface area (Å²) in [6, 6.07) is 5.84. The number of ether oxygens (including phenoxy) is 2. The van der Waals surface area contributed by atoms with Crippen LogP contribution in [-0.2, 0) is 0 Å². The minimum Gasteiger partial charge on any atom is -0.497 e. The van der Waals surface area contributed by atoms with Gasteiger partial charge in [0.2, 0.25) is 0 Å². The van der Waals surface area contributed by atoms with Crippen LogP contribution in [0.1, 0.15) is 13.8 Å². The molecule has 0 N–H and O–H groups in total. The van der Waals surface area contributed by atoms with Gasteiger partial charge in [0, 0.05) is 6.07 Å². The van der Waals surface area contributed by atoms with Crippen LogP contribution in [0.5, 0.6) is 11.5 Å². The molecule has 0 aromatic heterocycles. The van der Waals surface area contributed by atoms with E-state index in [9.17, 15) is 0 Å². The van der Waals surface area contributed by atoms with Gasteiger partial charge in [-0.2, -0.15) is 0 Å². The highest BCUT2D eigenvalue weighted by atomic mass is 16.5. The average Bonchev–Trinajstić information content (AvgIpc) is 2.08. The lowest BCUT2D eigenvalue weighted by Gasteiger charge is -2.13. The summed E-state index contributed by atoms with van der Waals surface area (Å²) in [4.78, 5) is 0. The zero-order chi connectivity index (χ0) is 9.84. The van der Waals surface area contributed by atoms with Crippen LogP contribution in [-0.4, -0.2) is 21.1 Å². The average molecular weight is 178 g/mol. The molecule has 13 heavy (non-hydrogen) atoms. The number of methoxy groups -OCH3 is 1. The fourth-order valence-electron chi connectivity index (χ4n) is 1.09. The van der Waals surface area contributed by atoms with Crippen molar-refractivity contribution in [3.63, 3.8) is 0 Å². The standard InChI is InChI=1S/C10H15BO2/c1-7(2)13-10-6-8(12-3)4-5-9(10)11/h4-7H,11H2,1-3H3. The van der Waals surface area contributed by atoms with Crippen LogP contribution in [0.25, 0.3) is 0 Å². The summed E-state index contributed by atoms with van der Waals surface area (Å²) in [7, 11) is 3.68. The van der Waals surface area contributed by atoms with E-state index in [1.54, 1.807) is 7.11 Å². The second kappa shape index (κ2) is 4.22. The molecule has 0 saturated heterocycles. The zero-order valence-corrected chi connectivity index (χ0v) is 8.63. The minimum atomic E-state index is 0.200.